The lowest BCUT2D eigenvalue weighted by Crippen LogP contribution is -2.41. The number of rotatable bonds is 5. The molecule has 0 fully saturated rings. The SMILES string of the molecule is Cn1ccnc1-c1ccccc1NN(C(=O)OC(C)(C)C)c1ccccc1-c1nccn1C. The number of imidazole rings is 2. The fourth-order valence-electron chi connectivity index (χ4n) is 3.52. The Morgan fingerprint density at radius 1 is 0.879 bits per heavy atom. The van der Waals surface area contributed by atoms with Crippen LogP contribution >= 0.6 is 0 Å². The molecule has 0 atom stereocenters. The minimum absolute atomic E-state index is 0.529. The number of hydrogen-bond acceptors (Lipinski definition) is 5. The minimum Gasteiger partial charge on any atom is -0.442 e. The van der Waals surface area contributed by atoms with Gasteiger partial charge in [0, 0.05) is 50.0 Å². The number of benzene rings is 2. The van der Waals surface area contributed by atoms with Crippen molar-refractivity contribution in [3.63, 3.8) is 0 Å². The van der Waals surface area contributed by atoms with Gasteiger partial charge >= 0.3 is 6.09 Å². The molecule has 0 aliphatic carbocycles. The van der Waals surface area contributed by atoms with Gasteiger partial charge in [-0.15, -0.1) is 0 Å². The first-order chi connectivity index (χ1) is 15.7. The van der Waals surface area contributed by atoms with Crippen LogP contribution in [0.3, 0.4) is 0 Å². The van der Waals surface area contributed by atoms with Gasteiger partial charge in [0.2, 0.25) is 0 Å². The fourth-order valence-corrected chi connectivity index (χ4v) is 3.52. The first kappa shape index (κ1) is 22.1. The third-order valence-electron chi connectivity index (χ3n) is 5.00. The molecular weight excluding hydrogens is 416 g/mol. The van der Waals surface area contributed by atoms with Crippen LogP contribution in [0.5, 0.6) is 0 Å². The molecule has 8 nitrogen and oxygen atoms in total. The van der Waals surface area contributed by atoms with E-state index in [4.69, 9.17) is 4.74 Å². The number of carbonyl (C=O) groups is 1. The van der Waals surface area contributed by atoms with Gasteiger partial charge in [-0.3, -0.25) is 5.43 Å². The summed E-state index contributed by atoms with van der Waals surface area (Å²) in [5.41, 5.74) is 5.60. The smallest absolute Gasteiger partial charge is 0.433 e. The summed E-state index contributed by atoms with van der Waals surface area (Å²) in [5.74, 6) is 1.51. The van der Waals surface area contributed by atoms with E-state index in [-0.39, 0.29) is 0 Å². The highest BCUT2D eigenvalue weighted by Crippen LogP contribution is 2.33. The summed E-state index contributed by atoms with van der Waals surface area (Å²) >= 11 is 0. The number of amides is 1. The third-order valence-corrected chi connectivity index (χ3v) is 5.00. The molecule has 0 saturated carbocycles. The molecule has 1 N–H and O–H groups in total. The van der Waals surface area contributed by atoms with Crippen molar-refractivity contribution in [2.45, 2.75) is 26.4 Å². The number of para-hydroxylation sites is 2. The molecule has 0 aliphatic rings. The second kappa shape index (κ2) is 8.82. The zero-order valence-corrected chi connectivity index (χ0v) is 19.5. The van der Waals surface area contributed by atoms with Gasteiger partial charge in [-0.05, 0) is 45.0 Å². The molecule has 0 bridgehead atoms. The summed E-state index contributed by atoms with van der Waals surface area (Å²) in [6.07, 6.45) is 6.70. The van der Waals surface area contributed by atoms with Crippen LogP contribution in [0.1, 0.15) is 20.8 Å². The predicted molar refractivity (Wildman–Crippen MR) is 130 cm³/mol. The van der Waals surface area contributed by atoms with Crippen molar-refractivity contribution in [1.82, 2.24) is 19.1 Å². The molecule has 4 rings (SSSR count). The van der Waals surface area contributed by atoms with E-state index < -0.39 is 11.7 Å². The molecule has 0 radical (unpaired) electrons. The number of hydrazine groups is 1. The van der Waals surface area contributed by atoms with Gasteiger partial charge in [0.05, 0.1) is 11.4 Å². The third kappa shape index (κ3) is 4.74. The molecule has 0 unspecified atom stereocenters. The largest absolute Gasteiger partial charge is 0.442 e. The van der Waals surface area contributed by atoms with E-state index in [0.29, 0.717) is 11.4 Å². The van der Waals surface area contributed by atoms with Crippen molar-refractivity contribution in [2.75, 3.05) is 10.4 Å². The summed E-state index contributed by atoms with van der Waals surface area (Å²) < 4.78 is 9.60. The Kier molecular flexibility index (Phi) is 5.91. The van der Waals surface area contributed by atoms with Gasteiger partial charge in [-0.2, -0.15) is 5.01 Å². The Morgan fingerprint density at radius 3 is 2.00 bits per heavy atom. The Hall–Kier alpha value is -4.07. The quantitative estimate of drug-likeness (QED) is 0.425. The van der Waals surface area contributed by atoms with Gasteiger partial charge in [0.1, 0.15) is 17.2 Å². The van der Waals surface area contributed by atoms with Crippen LogP contribution in [0.2, 0.25) is 0 Å². The standard InChI is InChI=1S/C25H28N6O2/c1-25(2,3)33-24(32)31(21-13-9-7-11-19(21)23-27-15-17-30(23)5)28-20-12-8-6-10-18(20)22-26-14-16-29(22)4/h6-17,28H,1-5H3. The highest BCUT2D eigenvalue weighted by Gasteiger charge is 2.27. The zero-order chi connectivity index (χ0) is 23.6. The average Bonchev–Trinajstić information content (AvgIpc) is 3.39. The molecule has 2 aromatic carbocycles. The number of hydrogen-bond donors (Lipinski definition) is 1. The van der Waals surface area contributed by atoms with E-state index in [1.54, 1.807) is 12.4 Å². The van der Waals surface area contributed by atoms with Crippen LogP contribution in [-0.4, -0.2) is 30.8 Å². The van der Waals surface area contributed by atoms with E-state index in [1.165, 1.54) is 5.01 Å². The molecule has 1 amide bonds. The predicted octanol–water partition coefficient (Wildman–Crippen LogP) is 5.26. The summed E-state index contributed by atoms with van der Waals surface area (Å²) in [6, 6.07) is 15.3. The van der Waals surface area contributed by atoms with Crippen LogP contribution < -0.4 is 10.4 Å². The lowest BCUT2D eigenvalue weighted by atomic mass is 10.1. The second-order valence-electron chi connectivity index (χ2n) is 8.71. The van der Waals surface area contributed by atoms with Crippen molar-refractivity contribution in [3.05, 3.63) is 73.3 Å². The molecule has 0 saturated heterocycles. The van der Waals surface area contributed by atoms with E-state index in [0.717, 1.165) is 22.8 Å². The topological polar surface area (TPSA) is 77.2 Å². The highest BCUT2D eigenvalue weighted by atomic mass is 16.6. The lowest BCUT2D eigenvalue weighted by Gasteiger charge is -2.30. The molecule has 0 aliphatic heterocycles. The van der Waals surface area contributed by atoms with E-state index in [1.807, 2.05) is 105 Å². The number of aryl methyl sites for hydroxylation is 2. The number of carbonyl (C=O) groups excluding carboxylic acids is 1. The monoisotopic (exact) mass is 444 g/mol. The van der Waals surface area contributed by atoms with Crippen molar-refractivity contribution in [2.24, 2.45) is 14.1 Å². The molecular formula is C25H28N6O2. The molecule has 170 valence electrons. The van der Waals surface area contributed by atoms with E-state index in [2.05, 4.69) is 15.4 Å². The summed E-state index contributed by atoms with van der Waals surface area (Å²) in [5, 5.41) is 1.43. The van der Waals surface area contributed by atoms with Crippen molar-refractivity contribution in [1.29, 1.82) is 0 Å². The number of aromatic nitrogens is 4. The van der Waals surface area contributed by atoms with Gasteiger partial charge < -0.3 is 13.9 Å². The summed E-state index contributed by atoms with van der Waals surface area (Å²) in [7, 11) is 3.85. The van der Waals surface area contributed by atoms with Gasteiger partial charge in [0.25, 0.3) is 0 Å². The summed E-state index contributed by atoms with van der Waals surface area (Å²) in [6.45, 7) is 5.53. The Morgan fingerprint density at radius 2 is 1.42 bits per heavy atom. The Bertz CT molecular complexity index is 1270. The fraction of sp³-hybridized carbons (Fsp3) is 0.240. The average molecular weight is 445 g/mol. The van der Waals surface area contributed by atoms with Crippen LogP contribution in [0, 0.1) is 0 Å². The van der Waals surface area contributed by atoms with Gasteiger partial charge in [0.15, 0.2) is 0 Å². The Labute approximate surface area is 193 Å². The van der Waals surface area contributed by atoms with E-state index >= 15 is 0 Å². The molecule has 2 aromatic heterocycles. The molecule has 2 heterocycles. The van der Waals surface area contributed by atoms with Crippen molar-refractivity contribution in [3.8, 4) is 22.8 Å². The second-order valence-corrected chi connectivity index (χ2v) is 8.71. The van der Waals surface area contributed by atoms with Gasteiger partial charge in [-0.25, -0.2) is 14.8 Å². The van der Waals surface area contributed by atoms with Crippen molar-refractivity contribution < 1.29 is 9.53 Å². The number of ether oxygens (including phenoxy) is 1. The number of anilines is 2. The molecule has 8 heteroatoms. The first-order valence-corrected chi connectivity index (χ1v) is 10.7. The maximum atomic E-state index is 13.4. The van der Waals surface area contributed by atoms with Crippen LogP contribution in [0.4, 0.5) is 16.2 Å². The molecule has 33 heavy (non-hydrogen) atoms. The number of nitrogens with one attached hydrogen (secondary N) is 1. The first-order valence-electron chi connectivity index (χ1n) is 10.7. The summed E-state index contributed by atoms with van der Waals surface area (Å²) in [4.78, 5) is 22.4. The molecule has 4 aromatic rings. The Balaban J connectivity index is 1.82. The van der Waals surface area contributed by atoms with Crippen LogP contribution in [-0.2, 0) is 18.8 Å². The van der Waals surface area contributed by atoms with Crippen molar-refractivity contribution >= 4 is 17.5 Å². The van der Waals surface area contributed by atoms with Crippen LogP contribution in [0.25, 0.3) is 22.8 Å². The number of nitrogens with zero attached hydrogens (tertiary/aromatic N) is 5. The zero-order valence-electron chi connectivity index (χ0n) is 19.5. The molecule has 0 spiro atoms. The van der Waals surface area contributed by atoms with Gasteiger partial charge in [-0.1, -0.05) is 24.3 Å². The lowest BCUT2D eigenvalue weighted by molar-refractivity contribution is 0.0589. The highest BCUT2D eigenvalue weighted by molar-refractivity contribution is 5.96. The minimum atomic E-state index is -0.672. The van der Waals surface area contributed by atoms with Crippen LogP contribution in [0.15, 0.2) is 73.3 Å². The van der Waals surface area contributed by atoms with E-state index in [9.17, 15) is 4.79 Å². The maximum Gasteiger partial charge on any atom is 0.433 e. The normalized spacial score (nSPS) is 11.3. The maximum absolute atomic E-state index is 13.4.